The van der Waals surface area contributed by atoms with Crippen molar-refractivity contribution in [3.63, 3.8) is 0 Å². The molecule has 6 heteroatoms. The van der Waals surface area contributed by atoms with E-state index in [0.717, 1.165) is 37.6 Å². The summed E-state index contributed by atoms with van der Waals surface area (Å²) in [5.74, 6) is 1.39. The van der Waals surface area contributed by atoms with Gasteiger partial charge in [0, 0.05) is 26.2 Å². The maximum absolute atomic E-state index is 5.64. The Hall–Kier alpha value is -1.82. The van der Waals surface area contributed by atoms with Crippen LogP contribution in [0.25, 0.3) is 5.65 Å². The van der Waals surface area contributed by atoms with E-state index in [1.165, 1.54) is 0 Å². The molecule has 0 aromatic carbocycles. The molecule has 0 atom stereocenters. The second kappa shape index (κ2) is 3.89. The minimum atomic E-state index is 0.326. The Bertz CT molecular complexity index is 526. The lowest BCUT2D eigenvalue weighted by atomic mass is 10.3. The molecule has 1 aliphatic rings. The van der Waals surface area contributed by atoms with Crippen molar-refractivity contribution >= 4 is 17.4 Å². The molecular weight excluding hydrogens is 216 g/mol. The van der Waals surface area contributed by atoms with Gasteiger partial charge in [0.1, 0.15) is 5.82 Å². The van der Waals surface area contributed by atoms with Crippen LogP contribution < -0.4 is 10.6 Å². The Morgan fingerprint density at radius 1 is 1.18 bits per heavy atom. The van der Waals surface area contributed by atoms with Crippen LogP contribution in [-0.4, -0.2) is 52.7 Å². The van der Waals surface area contributed by atoms with Crippen LogP contribution in [-0.2, 0) is 0 Å². The lowest BCUT2D eigenvalue weighted by Gasteiger charge is -2.33. The fraction of sp³-hybridized carbons (Fsp3) is 0.455. The largest absolute Gasteiger partial charge is 0.366 e. The lowest BCUT2D eigenvalue weighted by Crippen LogP contribution is -2.45. The van der Waals surface area contributed by atoms with Crippen molar-refractivity contribution in [2.75, 3.05) is 43.9 Å². The van der Waals surface area contributed by atoms with Crippen molar-refractivity contribution < 1.29 is 0 Å². The average molecular weight is 232 g/mol. The molecule has 0 aliphatic carbocycles. The van der Waals surface area contributed by atoms with Gasteiger partial charge in [-0.05, 0) is 19.2 Å². The summed E-state index contributed by atoms with van der Waals surface area (Å²) in [6, 6.07) is 5.98. The fourth-order valence-corrected chi connectivity index (χ4v) is 2.18. The monoisotopic (exact) mass is 232 g/mol. The summed E-state index contributed by atoms with van der Waals surface area (Å²) < 4.78 is 1.82. The first kappa shape index (κ1) is 10.3. The summed E-state index contributed by atoms with van der Waals surface area (Å²) in [6.45, 7) is 4.16. The predicted molar refractivity (Wildman–Crippen MR) is 67.1 cm³/mol. The van der Waals surface area contributed by atoms with E-state index in [4.69, 9.17) is 5.73 Å². The Morgan fingerprint density at radius 2 is 1.94 bits per heavy atom. The van der Waals surface area contributed by atoms with Gasteiger partial charge in [0.05, 0.1) is 0 Å². The lowest BCUT2D eigenvalue weighted by molar-refractivity contribution is 0.311. The Labute approximate surface area is 99.6 Å². The van der Waals surface area contributed by atoms with Crippen LogP contribution >= 0.6 is 0 Å². The summed E-state index contributed by atoms with van der Waals surface area (Å²) in [5, 5.41) is 4.24. The van der Waals surface area contributed by atoms with E-state index in [-0.39, 0.29) is 0 Å². The number of hydrogen-bond donors (Lipinski definition) is 1. The first-order chi connectivity index (χ1) is 8.24. The molecule has 0 spiro atoms. The quantitative estimate of drug-likeness (QED) is 0.753. The van der Waals surface area contributed by atoms with Gasteiger partial charge in [0.2, 0.25) is 5.95 Å². The van der Waals surface area contributed by atoms with Crippen LogP contribution in [0.4, 0.5) is 11.8 Å². The SMILES string of the molecule is CN1CCN(c2cccc3nc(N)nn23)CC1. The van der Waals surface area contributed by atoms with Gasteiger partial charge in [0.25, 0.3) is 0 Å². The number of likely N-dealkylation sites (N-methyl/N-ethyl adjacent to an activating group) is 1. The average Bonchev–Trinajstić information content (AvgIpc) is 2.70. The highest BCUT2D eigenvalue weighted by atomic mass is 15.4. The van der Waals surface area contributed by atoms with Gasteiger partial charge in [-0.25, -0.2) is 0 Å². The molecule has 2 N–H and O–H groups in total. The molecule has 0 amide bonds. The molecule has 0 unspecified atom stereocenters. The number of rotatable bonds is 1. The topological polar surface area (TPSA) is 62.7 Å². The zero-order valence-electron chi connectivity index (χ0n) is 9.87. The Morgan fingerprint density at radius 3 is 2.71 bits per heavy atom. The molecule has 0 saturated carbocycles. The Balaban J connectivity index is 1.99. The highest BCUT2D eigenvalue weighted by molar-refractivity contribution is 5.52. The van der Waals surface area contributed by atoms with Gasteiger partial charge in [-0.15, -0.1) is 5.10 Å². The van der Waals surface area contributed by atoms with Crippen LogP contribution in [0.15, 0.2) is 18.2 Å². The molecule has 90 valence electrons. The molecule has 1 fully saturated rings. The van der Waals surface area contributed by atoms with E-state index in [2.05, 4.69) is 33.0 Å². The number of pyridine rings is 1. The summed E-state index contributed by atoms with van der Waals surface area (Å²) in [4.78, 5) is 8.82. The third kappa shape index (κ3) is 1.80. The van der Waals surface area contributed by atoms with Gasteiger partial charge in [-0.2, -0.15) is 9.50 Å². The first-order valence-corrected chi connectivity index (χ1v) is 5.79. The standard InChI is InChI=1S/C11H16N6/c1-15-5-7-16(8-6-15)10-4-2-3-9-13-11(12)14-17(9)10/h2-4H,5-8H2,1H3,(H2,12,14). The van der Waals surface area contributed by atoms with E-state index in [9.17, 15) is 0 Å². The molecule has 0 bridgehead atoms. The van der Waals surface area contributed by atoms with Gasteiger partial charge in [-0.3, -0.25) is 0 Å². The molecule has 1 saturated heterocycles. The number of piperazine rings is 1. The van der Waals surface area contributed by atoms with Crippen molar-refractivity contribution in [1.82, 2.24) is 19.5 Å². The molecule has 6 nitrogen and oxygen atoms in total. The van der Waals surface area contributed by atoms with Crippen LogP contribution in [0.1, 0.15) is 0 Å². The van der Waals surface area contributed by atoms with Crippen LogP contribution in [0, 0.1) is 0 Å². The van der Waals surface area contributed by atoms with Gasteiger partial charge in [0.15, 0.2) is 5.65 Å². The van der Waals surface area contributed by atoms with Gasteiger partial charge >= 0.3 is 0 Å². The van der Waals surface area contributed by atoms with Gasteiger partial charge in [-0.1, -0.05) is 6.07 Å². The summed E-state index contributed by atoms with van der Waals surface area (Å²) in [7, 11) is 2.14. The van der Waals surface area contributed by atoms with E-state index >= 15 is 0 Å². The molecule has 0 radical (unpaired) electrons. The molecule has 2 aromatic heterocycles. The molecular formula is C11H16N6. The van der Waals surface area contributed by atoms with E-state index < -0.39 is 0 Å². The smallest absolute Gasteiger partial charge is 0.240 e. The van der Waals surface area contributed by atoms with Crippen molar-refractivity contribution in [1.29, 1.82) is 0 Å². The van der Waals surface area contributed by atoms with Crippen molar-refractivity contribution in [2.45, 2.75) is 0 Å². The van der Waals surface area contributed by atoms with Crippen molar-refractivity contribution in [2.24, 2.45) is 0 Å². The summed E-state index contributed by atoms with van der Waals surface area (Å²) in [5.41, 5.74) is 6.45. The first-order valence-electron chi connectivity index (χ1n) is 5.79. The molecule has 1 aliphatic heterocycles. The predicted octanol–water partition coefficient (Wildman–Crippen LogP) is 0.0633. The Kier molecular flexibility index (Phi) is 2.36. The number of anilines is 2. The maximum Gasteiger partial charge on any atom is 0.240 e. The third-order valence-corrected chi connectivity index (χ3v) is 3.18. The van der Waals surface area contributed by atoms with E-state index in [1.807, 2.05) is 16.6 Å². The highest BCUT2D eigenvalue weighted by Crippen LogP contribution is 2.17. The number of nitrogens with zero attached hydrogens (tertiary/aromatic N) is 5. The molecule has 3 heterocycles. The van der Waals surface area contributed by atoms with Crippen molar-refractivity contribution in [3.8, 4) is 0 Å². The highest BCUT2D eigenvalue weighted by Gasteiger charge is 2.17. The number of fused-ring (bicyclic) bond motifs is 1. The minimum absolute atomic E-state index is 0.326. The van der Waals surface area contributed by atoms with Crippen LogP contribution in [0.5, 0.6) is 0 Å². The third-order valence-electron chi connectivity index (χ3n) is 3.18. The number of aromatic nitrogens is 3. The summed E-state index contributed by atoms with van der Waals surface area (Å²) >= 11 is 0. The maximum atomic E-state index is 5.64. The van der Waals surface area contributed by atoms with Crippen LogP contribution in [0.2, 0.25) is 0 Å². The number of nitrogen functional groups attached to an aromatic ring is 1. The molecule has 17 heavy (non-hydrogen) atoms. The number of nitrogens with two attached hydrogens (primary N) is 1. The second-order valence-electron chi connectivity index (χ2n) is 4.41. The van der Waals surface area contributed by atoms with E-state index in [0.29, 0.717) is 5.95 Å². The fourth-order valence-electron chi connectivity index (χ4n) is 2.18. The molecule has 3 rings (SSSR count). The second-order valence-corrected chi connectivity index (χ2v) is 4.41. The minimum Gasteiger partial charge on any atom is -0.366 e. The zero-order valence-corrected chi connectivity index (χ0v) is 9.87. The molecule has 2 aromatic rings. The van der Waals surface area contributed by atoms with Crippen LogP contribution in [0.3, 0.4) is 0 Å². The van der Waals surface area contributed by atoms with Gasteiger partial charge < -0.3 is 15.5 Å². The normalized spacial score (nSPS) is 17.8. The zero-order chi connectivity index (χ0) is 11.8. The summed E-state index contributed by atoms with van der Waals surface area (Å²) in [6.07, 6.45) is 0. The van der Waals surface area contributed by atoms with E-state index in [1.54, 1.807) is 0 Å². The van der Waals surface area contributed by atoms with Crippen molar-refractivity contribution in [3.05, 3.63) is 18.2 Å². The number of hydrogen-bond acceptors (Lipinski definition) is 5.